The number of rotatable bonds is 3. The zero-order valence-electron chi connectivity index (χ0n) is 10.2. The van der Waals surface area contributed by atoms with Gasteiger partial charge in [0.1, 0.15) is 11.6 Å². The molecule has 2 heterocycles. The van der Waals surface area contributed by atoms with Crippen molar-refractivity contribution in [1.29, 1.82) is 0 Å². The molecule has 2 N–H and O–H groups in total. The molecule has 9 heteroatoms. The quantitative estimate of drug-likeness (QED) is 0.590. The van der Waals surface area contributed by atoms with Gasteiger partial charge in [-0.15, -0.1) is 0 Å². The van der Waals surface area contributed by atoms with Gasteiger partial charge in [-0.05, 0) is 12.8 Å². The van der Waals surface area contributed by atoms with Gasteiger partial charge in [-0.3, -0.25) is 19.7 Å². The maximum atomic E-state index is 12.2. The third-order valence-electron chi connectivity index (χ3n) is 3.13. The Balaban J connectivity index is 2.38. The van der Waals surface area contributed by atoms with E-state index in [0.717, 1.165) is 17.2 Å². The molecule has 0 spiro atoms. The molecule has 0 bridgehead atoms. The molecular formula is C11H11N3O6. The van der Waals surface area contributed by atoms with Crippen molar-refractivity contribution in [2.24, 2.45) is 0 Å². The molecule has 1 aromatic rings. The van der Waals surface area contributed by atoms with E-state index in [2.05, 4.69) is 4.98 Å². The minimum absolute atomic E-state index is 0.206. The van der Waals surface area contributed by atoms with E-state index in [9.17, 15) is 24.5 Å². The SMILES string of the molecule is O=C(O)[C@H]1CCCN1C(=O)c1cc([N+](=O)[O-])c[nH]c1=O. The number of hydrogen-bond acceptors (Lipinski definition) is 5. The van der Waals surface area contributed by atoms with E-state index in [4.69, 9.17) is 5.11 Å². The lowest BCUT2D eigenvalue weighted by molar-refractivity contribution is -0.385. The number of aliphatic carboxylic acids is 1. The van der Waals surface area contributed by atoms with Gasteiger partial charge in [0, 0.05) is 12.6 Å². The van der Waals surface area contributed by atoms with Gasteiger partial charge in [-0.2, -0.15) is 0 Å². The molecule has 2 rings (SSSR count). The van der Waals surface area contributed by atoms with E-state index in [-0.39, 0.29) is 6.54 Å². The first kappa shape index (κ1) is 13.7. The van der Waals surface area contributed by atoms with Gasteiger partial charge in [0.15, 0.2) is 0 Å². The fraction of sp³-hybridized carbons (Fsp3) is 0.364. The van der Waals surface area contributed by atoms with Gasteiger partial charge in [0.05, 0.1) is 11.1 Å². The molecule has 0 aliphatic carbocycles. The second-order valence-electron chi connectivity index (χ2n) is 4.35. The van der Waals surface area contributed by atoms with Gasteiger partial charge < -0.3 is 15.0 Å². The first-order valence-corrected chi connectivity index (χ1v) is 5.82. The van der Waals surface area contributed by atoms with Crippen LogP contribution in [0, 0.1) is 10.1 Å². The van der Waals surface area contributed by atoms with Crippen LogP contribution < -0.4 is 5.56 Å². The predicted molar refractivity (Wildman–Crippen MR) is 65.4 cm³/mol. The summed E-state index contributed by atoms with van der Waals surface area (Å²) in [5.74, 6) is -1.96. The Hall–Kier alpha value is -2.71. The fourth-order valence-electron chi connectivity index (χ4n) is 2.16. The number of nitrogens with one attached hydrogen (secondary N) is 1. The van der Waals surface area contributed by atoms with Crippen LogP contribution >= 0.6 is 0 Å². The van der Waals surface area contributed by atoms with E-state index in [0.29, 0.717) is 12.8 Å². The van der Waals surface area contributed by atoms with Gasteiger partial charge in [-0.1, -0.05) is 0 Å². The summed E-state index contributed by atoms with van der Waals surface area (Å²) in [5.41, 5.74) is -1.64. The molecule has 1 atom stereocenters. The molecule has 0 saturated carbocycles. The average Bonchev–Trinajstić information content (AvgIpc) is 2.87. The number of nitrogens with zero attached hydrogens (tertiary/aromatic N) is 2. The summed E-state index contributed by atoms with van der Waals surface area (Å²) < 4.78 is 0. The molecule has 106 valence electrons. The maximum Gasteiger partial charge on any atom is 0.326 e. The van der Waals surface area contributed by atoms with Crippen molar-refractivity contribution in [1.82, 2.24) is 9.88 Å². The van der Waals surface area contributed by atoms with Crippen molar-refractivity contribution in [2.45, 2.75) is 18.9 Å². The average molecular weight is 281 g/mol. The largest absolute Gasteiger partial charge is 0.480 e. The first-order valence-electron chi connectivity index (χ1n) is 5.82. The minimum Gasteiger partial charge on any atom is -0.480 e. The second kappa shape index (κ2) is 5.11. The predicted octanol–water partition coefficient (Wildman–Crippen LogP) is -0.0277. The third-order valence-corrected chi connectivity index (χ3v) is 3.13. The van der Waals surface area contributed by atoms with E-state index >= 15 is 0 Å². The summed E-state index contributed by atoms with van der Waals surface area (Å²) in [6.45, 7) is 0.206. The molecule has 1 aliphatic heterocycles. The van der Waals surface area contributed by atoms with Crippen molar-refractivity contribution < 1.29 is 19.6 Å². The lowest BCUT2D eigenvalue weighted by Crippen LogP contribution is -2.42. The summed E-state index contributed by atoms with van der Waals surface area (Å²) in [6.07, 6.45) is 1.70. The number of pyridine rings is 1. The van der Waals surface area contributed by atoms with Crippen LogP contribution in [-0.4, -0.2) is 44.4 Å². The Labute approximate surface area is 112 Å². The van der Waals surface area contributed by atoms with Crippen molar-refractivity contribution in [3.8, 4) is 0 Å². The fourth-order valence-corrected chi connectivity index (χ4v) is 2.16. The number of aromatic amines is 1. The van der Waals surface area contributed by atoms with E-state index in [1.165, 1.54) is 0 Å². The van der Waals surface area contributed by atoms with Gasteiger partial charge in [0.25, 0.3) is 17.2 Å². The zero-order valence-corrected chi connectivity index (χ0v) is 10.2. The van der Waals surface area contributed by atoms with Crippen molar-refractivity contribution in [2.75, 3.05) is 6.54 Å². The number of likely N-dealkylation sites (tertiary alicyclic amines) is 1. The number of aromatic nitrogens is 1. The van der Waals surface area contributed by atoms with Crippen LogP contribution in [0.1, 0.15) is 23.2 Å². The Morgan fingerprint density at radius 2 is 2.20 bits per heavy atom. The highest BCUT2D eigenvalue weighted by Gasteiger charge is 2.35. The summed E-state index contributed by atoms with van der Waals surface area (Å²) in [5, 5.41) is 19.6. The number of carboxylic acids is 1. The van der Waals surface area contributed by atoms with E-state index in [1.807, 2.05) is 0 Å². The number of carbonyl (C=O) groups excluding carboxylic acids is 1. The molecule has 0 radical (unpaired) electrons. The number of carbonyl (C=O) groups is 2. The molecule has 1 fully saturated rings. The van der Waals surface area contributed by atoms with Crippen LogP contribution in [0.5, 0.6) is 0 Å². The summed E-state index contributed by atoms with van der Waals surface area (Å²) in [6, 6.07) is -0.139. The van der Waals surface area contributed by atoms with Gasteiger partial charge >= 0.3 is 5.97 Å². The smallest absolute Gasteiger partial charge is 0.326 e. The molecule has 1 amide bonds. The van der Waals surface area contributed by atoms with Crippen molar-refractivity contribution in [3.05, 3.63) is 38.3 Å². The monoisotopic (exact) mass is 281 g/mol. The number of nitro groups is 1. The van der Waals surface area contributed by atoms with E-state index < -0.39 is 39.7 Å². The lowest BCUT2D eigenvalue weighted by atomic mass is 10.2. The topological polar surface area (TPSA) is 134 Å². The molecule has 0 unspecified atom stereocenters. The molecule has 0 aromatic carbocycles. The molecule has 1 aliphatic rings. The zero-order chi connectivity index (χ0) is 14.9. The molecule has 1 aromatic heterocycles. The van der Waals surface area contributed by atoms with Crippen molar-refractivity contribution >= 4 is 17.6 Å². The minimum atomic E-state index is -1.15. The maximum absolute atomic E-state index is 12.2. The second-order valence-corrected chi connectivity index (χ2v) is 4.35. The Bertz CT molecular complexity index is 637. The van der Waals surface area contributed by atoms with Crippen LogP contribution in [0.25, 0.3) is 0 Å². The van der Waals surface area contributed by atoms with Crippen LogP contribution in [0.3, 0.4) is 0 Å². The number of hydrogen-bond donors (Lipinski definition) is 2. The highest BCUT2D eigenvalue weighted by atomic mass is 16.6. The Morgan fingerprint density at radius 1 is 1.50 bits per heavy atom. The van der Waals surface area contributed by atoms with E-state index in [1.54, 1.807) is 0 Å². The van der Waals surface area contributed by atoms with Crippen LogP contribution in [0.2, 0.25) is 0 Å². The van der Waals surface area contributed by atoms with Crippen LogP contribution in [0.15, 0.2) is 17.1 Å². The Morgan fingerprint density at radius 3 is 2.80 bits per heavy atom. The number of amides is 1. The lowest BCUT2D eigenvalue weighted by Gasteiger charge is -2.20. The summed E-state index contributed by atoms with van der Waals surface area (Å²) >= 11 is 0. The van der Waals surface area contributed by atoms with Crippen molar-refractivity contribution in [3.63, 3.8) is 0 Å². The Kier molecular flexibility index (Phi) is 3.51. The van der Waals surface area contributed by atoms with Crippen LogP contribution in [-0.2, 0) is 4.79 Å². The third kappa shape index (κ3) is 2.37. The molecular weight excluding hydrogens is 270 g/mol. The molecule has 1 saturated heterocycles. The number of H-pyrrole nitrogens is 1. The number of carboxylic acid groups (broad SMARTS) is 1. The van der Waals surface area contributed by atoms with Gasteiger partial charge in [-0.25, -0.2) is 4.79 Å². The standard InChI is InChI=1S/C11H11N3O6/c15-9-7(4-6(5-12-9)14(19)20)10(16)13-3-1-2-8(13)11(17)18/h4-5,8H,1-3H2,(H,12,15)(H,17,18)/t8-/m1/s1. The first-order chi connectivity index (χ1) is 9.41. The summed E-state index contributed by atoms with van der Waals surface area (Å²) in [7, 11) is 0. The highest BCUT2D eigenvalue weighted by molar-refractivity contribution is 5.97. The van der Waals surface area contributed by atoms with Crippen LogP contribution in [0.4, 0.5) is 5.69 Å². The highest BCUT2D eigenvalue weighted by Crippen LogP contribution is 2.20. The normalized spacial score (nSPS) is 18.0. The summed E-state index contributed by atoms with van der Waals surface area (Å²) in [4.78, 5) is 47.9. The molecule has 9 nitrogen and oxygen atoms in total. The molecule has 20 heavy (non-hydrogen) atoms. The van der Waals surface area contributed by atoms with Gasteiger partial charge in [0.2, 0.25) is 0 Å².